The molecule has 0 spiro atoms. The number of rotatable bonds is 1. The molecule has 1 saturated heterocycles. The fraction of sp³-hybridized carbons (Fsp3) is 0.455. The van der Waals surface area contributed by atoms with Crippen LogP contribution >= 0.6 is 0 Å². The van der Waals surface area contributed by atoms with Crippen molar-refractivity contribution in [3.05, 3.63) is 29.3 Å². The summed E-state index contributed by atoms with van der Waals surface area (Å²) in [6.07, 6.45) is -0.0105. The summed E-state index contributed by atoms with van der Waals surface area (Å²) in [6, 6.07) is 5.60. The number of aryl methyl sites for hydroxylation is 1. The van der Waals surface area contributed by atoms with Gasteiger partial charge >= 0.3 is 0 Å². The van der Waals surface area contributed by atoms with Gasteiger partial charge in [0.05, 0.1) is 12.7 Å². The third kappa shape index (κ3) is 1.89. The van der Waals surface area contributed by atoms with Gasteiger partial charge in [-0.05, 0) is 19.1 Å². The minimum atomic E-state index is -0.0105. The lowest BCUT2D eigenvalue weighted by molar-refractivity contribution is 0.0263. The zero-order valence-corrected chi connectivity index (χ0v) is 8.29. The molecule has 1 aromatic rings. The van der Waals surface area contributed by atoms with Crippen LogP contribution in [0.25, 0.3) is 0 Å². The second-order valence-electron chi connectivity index (χ2n) is 3.63. The highest BCUT2D eigenvalue weighted by Gasteiger charge is 2.18. The second kappa shape index (κ2) is 3.98. The van der Waals surface area contributed by atoms with Crippen molar-refractivity contribution >= 4 is 0 Å². The molecule has 0 amide bonds. The van der Waals surface area contributed by atoms with Gasteiger partial charge in [-0.3, -0.25) is 0 Å². The number of benzene rings is 1. The predicted molar refractivity (Wildman–Crippen MR) is 54.4 cm³/mol. The lowest BCUT2D eigenvalue weighted by Crippen LogP contribution is -2.33. The highest BCUT2D eigenvalue weighted by atomic mass is 16.5. The van der Waals surface area contributed by atoms with Gasteiger partial charge in [-0.25, -0.2) is 0 Å². The number of nitrogens with one attached hydrogen (secondary N) is 1. The van der Waals surface area contributed by atoms with E-state index in [0.717, 1.165) is 24.2 Å². The van der Waals surface area contributed by atoms with Crippen LogP contribution in [0.1, 0.15) is 17.2 Å². The van der Waals surface area contributed by atoms with Gasteiger partial charge in [0.15, 0.2) is 0 Å². The number of ether oxygens (including phenoxy) is 1. The molecule has 14 heavy (non-hydrogen) atoms. The van der Waals surface area contributed by atoms with Gasteiger partial charge in [-0.1, -0.05) is 11.6 Å². The number of morpholine rings is 1. The Morgan fingerprint density at radius 2 is 2.36 bits per heavy atom. The fourth-order valence-corrected chi connectivity index (χ4v) is 1.70. The van der Waals surface area contributed by atoms with Gasteiger partial charge in [0.25, 0.3) is 0 Å². The quantitative estimate of drug-likeness (QED) is 0.707. The van der Waals surface area contributed by atoms with Crippen molar-refractivity contribution in [3.8, 4) is 5.75 Å². The van der Waals surface area contributed by atoms with Crippen molar-refractivity contribution in [1.82, 2.24) is 5.32 Å². The first-order valence-corrected chi connectivity index (χ1v) is 4.89. The molecule has 0 aliphatic carbocycles. The van der Waals surface area contributed by atoms with Gasteiger partial charge in [0, 0.05) is 18.7 Å². The van der Waals surface area contributed by atoms with E-state index in [1.54, 1.807) is 6.07 Å². The first-order valence-electron chi connectivity index (χ1n) is 4.89. The average molecular weight is 193 g/mol. The number of phenols is 1. The van der Waals surface area contributed by atoms with E-state index in [9.17, 15) is 5.11 Å². The molecule has 0 radical (unpaired) electrons. The SMILES string of the molecule is Cc1ccc(O)c(C2CNCCO2)c1. The van der Waals surface area contributed by atoms with Crippen LogP contribution < -0.4 is 5.32 Å². The summed E-state index contributed by atoms with van der Waals surface area (Å²) in [4.78, 5) is 0. The van der Waals surface area contributed by atoms with Crippen molar-refractivity contribution in [3.63, 3.8) is 0 Å². The Bertz CT molecular complexity index is 319. The molecule has 3 heteroatoms. The van der Waals surface area contributed by atoms with Crippen LogP contribution in [0.4, 0.5) is 0 Å². The standard InChI is InChI=1S/C11H15NO2/c1-8-2-3-10(13)9(6-8)11-7-12-4-5-14-11/h2-3,6,11-13H,4-5,7H2,1H3. The average Bonchev–Trinajstić information content (AvgIpc) is 2.23. The summed E-state index contributed by atoms with van der Waals surface area (Å²) in [5, 5.41) is 12.9. The highest BCUT2D eigenvalue weighted by molar-refractivity contribution is 5.37. The molecule has 2 rings (SSSR count). The largest absolute Gasteiger partial charge is 0.508 e. The molecule has 0 saturated carbocycles. The van der Waals surface area contributed by atoms with Crippen molar-refractivity contribution in [2.24, 2.45) is 0 Å². The van der Waals surface area contributed by atoms with Crippen LogP contribution in [-0.2, 0) is 4.74 Å². The van der Waals surface area contributed by atoms with E-state index in [2.05, 4.69) is 5.32 Å². The van der Waals surface area contributed by atoms with Crippen molar-refractivity contribution in [2.45, 2.75) is 13.0 Å². The molecule has 0 aromatic heterocycles. The smallest absolute Gasteiger partial charge is 0.121 e. The molecule has 1 atom stereocenters. The Morgan fingerprint density at radius 1 is 1.50 bits per heavy atom. The maximum absolute atomic E-state index is 9.68. The van der Waals surface area contributed by atoms with Crippen molar-refractivity contribution < 1.29 is 9.84 Å². The van der Waals surface area contributed by atoms with E-state index in [1.807, 2.05) is 19.1 Å². The molecule has 1 unspecified atom stereocenters. The maximum atomic E-state index is 9.68. The first kappa shape index (κ1) is 9.49. The van der Waals surface area contributed by atoms with Crippen LogP contribution in [0.5, 0.6) is 5.75 Å². The van der Waals surface area contributed by atoms with E-state index in [0.29, 0.717) is 12.4 Å². The highest BCUT2D eigenvalue weighted by Crippen LogP contribution is 2.28. The Morgan fingerprint density at radius 3 is 3.07 bits per heavy atom. The summed E-state index contributed by atoms with van der Waals surface area (Å²) in [7, 11) is 0. The molecular weight excluding hydrogens is 178 g/mol. The Labute approximate surface area is 83.7 Å². The van der Waals surface area contributed by atoms with Crippen molar-refractivity contribution in [2.75, 3.05) is 19.7 Å². The van der Waals surface area contributed by atoms with Gasteiger partial charge in [0.1, 0.15) is 5.75 Å². The molecule has 1 aliphatic rings. The fourth-order valence-electron chi connectivity index (χ4n) is 1.70. The van der Waals surface area contributed by atoms with E-state index >= 15 is 0 Å². The molecule has 3 nitrogen and oxygen atoms in total. The van der Waals surface area contributed by atoms with Gasteiger partial charge in [0.2, 0.25) is 0 Å². The first-order chi connectivity index (χ1) is 6.77. The van der Waals surface area contributed by atoms with E-state index in [1.165, 1.54) is 0 Å². The summed E-state index contributed by atoms with van der Waals surface area (Å²) in [5.41, 5.74) is 2.03. The molecule has 2 N–H and O–H groups in total. The van der Waals surface area contributed by atoms with Crippen LogP contribution in [0.3, 0.4) is 0 Å². The van der Waals surface area contributed by atoms with Gasteiger partial charge < -0.3 is 15.2 Å². The number of hydrogen-bond donors (Lipinski definition) is 2. The van der Waals surface area contributed by atoms with Crippen LogP contribution in [0.2, 0.25) is 0 Å². The third-order valence-corrected chi connectivity index (χ3v) is 2.46. The summed E-state index contributed by atoms with van der Waals surface area (Å²) in [6.45, 7) is 4.39. The zero-order valence-electron chi connectivity index (χ0n) is 8.29. The van der Waals surface area contributed by atoms with E-state index in [-0.39, 0.29) is 6.10 Å². The topological polar surface area (TPSA) is 41.5 Å². The number of phenolic OH excluding ortho intramolecular Hbond substituents is 1. The second-order valence-corrected chi connectivity index (χ2v) is 3.63. The minimum absolute atomic E-state index is 0.0105. The predicted octanol–water partition coefficient (Wildman–Crippen LogP) is 1.36. The number of aromatic hydroxyl groups is 1. The van der Waals surface area contributed by atoms with Crippen LogP contribution in [0, 0.1) is 6.92 Å². The molecular formula is C11H15NO2. The lowest BCUT2D eigenvalue weighted by Gasteiger charge is -2.24. The molecule has 1 aromatic carbocycles. The normalized spacial score (nSPS) is 22.2. The Kier molecular flexibility index (Phi) is 2.70. The third-order valence-electron chi connectivity index (χ3n) is 2.46. The van der Waals surface area contributed by atoms with Crippen molar-refractivity contribution in [1.29, 1.82) is 0 Å². The maximum Gasteiger partial charge on any atom is 0.121 e. The molecule has 0 bridgehead atoms. The summed E-state index contributed by atoms with van der Waals surface area (Å²) < 4.78 is 5.58. The number of hydrogen-bond acceptors (Lipinski definition) is 3. The van der Waals surface area contributed by atoms with E-state index < -0.39 is 0 Å². The van der Waals surface area contributed by atoms with Crippen LogP contribution in [0.15, 0.2) is 18.2 Å². The monoisotopic (exact) mass is 193 g/mol. The summed E-state index contributed by atoms with van der Waals surface area (Å²) >= 11 is 0. The van der Waals surface area contributed by atoms with Crippen LogP contribution in [-0.4, -0.2) is 24.8 Å². The zero-order chi connectivity index (χ0) is 9.97. The molecule has 76 valence electrons. The Hall–Kier alpha value is -1.06. The minimum Gasteiger partial charge on any atom is -0.508 e. The molecule has 1 fully saturated rings. The van der Waals surface area contributed by atoms with E-state index in [4.69, 9.17) is 4.74 Å². The van der Waals surface area contributed by atoms with Gasteiger partial charge in [-0.15, -0.1) is 0 Å². The summed E-state index contributed by atoms with van der Waals surface area (Å²) in [5.74, 6) is 0.323. The Balaban J connectivity index is 2.24. The molecule has 1 heterocycles. The lowest BCUT2D eigenvalue weighted by atomic mass is 10.0. The molecule has 1 aliphatic heterocycles. The van der Waals surface area contributed by atoms with Gasteiger partial charge in [-0.2, -0.15) is 0 Å².